The maximum absolute atomic E-state index is 12.4. The van der Waals surface area contributed by atoms with Gasteiger partial charge in [0.25, 0.3) is 10.0 Å². The fraction of sp³-hybridized carbons (Fsp3) is 0.714. The van der Waals surface area contributed by atoms with E-state index in [-0.39, 0.29) is 11.1 Å². The molecule has 0 aromatic carbocycles. The highest BCUT2D eigenvalue weighted by atomic mass is 32.2. The highest BCUT2D eigenvalue weighted by molar-refractivity contribution is 8.00. The van der Waals surface area contributed by atoms with E-state index in [1.54, 1.807) is 6.07 Å². The molecule has 1 aliphatic rings. The van der Waals surface area contributed by atoms with Crippen LogP contribution in [0.2, 0.25) is 0 Å². The van der Waals surface area contributed by atoms with Gasteiger partial charge >= 0.3 is 0 Å². The van der Waals surface area contributed by atoms with E-state index in [1.165, 1.54) is 6.07 Å². The molecule has 2 rings (SSSR count). The quantitative estimate of drug-likeness (QED) is 0.764. The van der Waals surface area contributed by atoms with Gasteiger partial charge in [0.15, 0.2) is 0 Å². The lowest BCUT2D eigenvalue weighted by Gasteiger charge is -2.19. The molecule has 5 nitrogen and oxygen atoms in total. The Bertz CT molecular complexity index is 542. The van der Waals surface area contributed by atoms with Gasteiger partial charge in [0.1, 0.15) is 5.76 Å². The van der Waals surface area contributed by atoms with Gasteiger partial charge in [-0.15, -0.1) is 0 Å². The molecule has 1 heterocycles. The zero-order chi connectivity index (χ0) is 15.3. The van der Waals surface area contributed by atoms with Gasteiger partial charge in [-0.1, -0.05) is 20.3 Å². The Hall–Kier alpha value is -0.500. The van der Waals surface area contributed by atoms with Gasteiger partial charge in [0, 0.05) is 11.3 Å². The topological polar surface area (TPSA) is 71.3 Å². The van der Waals surface area contributed by atoms with Gasteiger partial charge < -0.3 is 9.73 Å². The molecule has 1 saturated carbocycles. The Kier molecular flexibility index (Phi) is 6.16. The second kappa shape index (κ2) is 7.67. The molecular weight excluding hydrogens is 308 g/mol. The molecule has 120 valence electrons. The molecule has 0 saturated heterocycles. The van der Waals surface area contributed by atoms with E-state index < -0.39 is 10.0 Å². The molecule has 1 aliphatic carbocycles. The number of thioether (sulfide) groups is 1. The molecule has 2 atom stereocenters. The summed E-state index contributed by atoms with van der Waals surface area (Å²) in [7, 11) is -3.56. The Morgan fingerprint density at radius 2 is 2.14 bits per heavy atom. The summed E-state index contributed by atoms with van der Waals surface area (Å²) in [6.07, 6.45) is 3.06. The van der Waals surface area contributed by atoms with Crippen LogP contribution in [0.1, 0.15) is 38.9 Å². The first kappa shape index (κ1) is 16.9. The minimum Gasteiger partial charge on any atom is -0.447 e. The minimum absolute atomic E-state index is 0.0160. The first-order valence-electron chi connectivity index (χ1n) is 7.50. The lowest BCUT2D eigenvalue weighted by Crippen LogP contribution is -2.38. The van der Waals surface area contributed by atoms with Crippen LogP contribution < -0.4 is 10.0 Å². The third-order valence-electron chi connectivity index (χ3n) is 3.59. The highest BCUT2D eigenvalue weighted by Gasteiger charge is 2.32. The lowest BCUT2D eigenvalue weighted by molar-refractivity contribution is 0.399. The van der Waals surface area contributed by atoms with Crippen molar-refractivity contribution in [1.82, 2.24) is 10.0 Å². The van der Waals surface area contributed by atoms with Gasteiger partial charge in [-0.25, -0.2) is 13.1 Å². The molecule has 0 radical (unpaired) electrons. The number of hydrogen-bond acceptors (Lipinski definition) is 5. The summed E-state index contributed by atoms with van der Waals surface area (Å²) < 4.78 is 33.0. The monoisotopic (exact) mass is 332 g/mol. The molecule has 0 aliphatic heterocycles. The first-order chi connectivity index (χ1) is 10.1. The lowest BCUT2D eigenvalue weighted by atomic mass is 10.3. The molecule has 21 heavy (non-hydrogen) atoms. The van der Waals surface area contributed by atoms with Crippen LogP contribution in [0.3, 0.4) is 0 Å². The second-order valence-corrected chi connectivity index (χ2v) is 8.31. The zero-order valence-electron chi connectivity index (χ0n) is 12.6. The molecular formula is C14H24N2O3S2. The predicted molar refractivity (Wildman–Crippen MR) is 86.0 cm³/mol. The normalized spacial score (nSPS) is 22.8. The van der Waals surface area contributed by atoms with Crippen LogP contribution in [-0.2, 0) is 16.6 Å². The zero-order valence-corrected chi connectivity index (χ0v) is 14.2. The maximum atomic E-state index is 12.4. The highest BCUT2D eigenvalue weighted by Crippen LogP contribution is 2.31. The van der Waals surface area contributed by atoms with Crippen molar-refractivity contribution >= 4 is 21.8 Å². The summed E-state index contributed by atoms with van der Waals surface area (Å²) in [5.74, 6) is 1.65. The fourth-order valence-electron chi connectivity index (χ4n) is 2.58. The minimum atomic E-state index is -3.56. The Morgan fingerprint density at radius 3 is 2.86 bits per heavy atom. The maximum Gasteiger partial charge on any atom is 0.274 e. The Labute approximate surface area is 131 Å². The number of hydrogen-bond donors (Lipinski definition) is 2. The van der Waals surface area contributed by atoms with Crippen LogP contribution in [0.15, 0.2) is 21.6 Å². The predicted octanol–water partition coefficient (Wildman–Crippen LogP) is 2.34. The van der Waals surface area contributed by atoms with Gasteiger partial charge in [-0.05, 0) is 37.3 Å². The second-order valence-electron chi connectivity index (χ2n) is 5.15. The van der Waals surface area contributed by atoms with Gasteiger partial charge in [-0.2, -0.15) is 11.8 Å². The third kappa shape index (κ3) is 4.48. The van der Waals surface area contributed by atoms with Crippen LogP contribution in [0.4, 0.5) is 0 Å². The van der Waals surface area contributed by atoms with Gasteiger partial charge in [0.05, 0.1) is 6.54 Å². The largest absolute Gasteiger partial charge is 0.447 e. The van der Waals surface area contributed by atoms with E-state index in [1.807, 2.05) is 18.7 Å². The molecule has 0 amide bonds. The van der Waals surface area contributed by atoms with Crippen LogP contribution in [0.5, 0.6) is 0 Å². The third-order valence-corrected chi connectivity index (χ3v) is 6.28. The van der Waals surface area contributed by atoms with Gasteiger partial charge in [0.2, 0.25) is 5.09 Å². The van der Waals surface area contributed by atoms with Crippen LogP contribution in [0, 0.1) is 0 Å². The van der Waals surface area contributed by atoms with Crippen LogP contribution in [-0.4, -0.2) is 32.0 Å². The van der Waals surface area contributed by atoms with Crippen LogP contribution >= 0.6 is 11.8 Å². The van der Waals surface area contributed by atoms with E-state index in [4.69, 9.17) is 4.42 Å². The number of sulfonamides is 1. The molecule has 1 aromatic rings. The molecule has 1 aromatic heterocycles. The molecule has 2 N–H and O–H groups in total. The molecule has 7 heteroatoms. The molecule has 0 spiro atoms. The average Bonchev–Trinajstić information content (AvgIpc) is 3.07. The number of furan rings is 1. The van der Waals surface area contributed by atoms with Crippen molar-refractivity contribution in [3.05, 3.63) is 17.9 Å². The molecule has 2 unspecified atom stereocenters. The summed E-state index contributed by atoms with van der Waals surface area (Å²) >= 11 is 1.83. The summed E-state index contributed by atoms with van der Waals surface area (Å²) in [5, 5.41) is 3.51. The van der Waals surface area contributed by atoms with Crippen molar-refractivity contribution < 1.29 is 12.8 Å². The van der Waals surface area contributed by atoms with E-state index >= 15 is 0 Å². The van der Waals surface area contributed by atoms with Crippen LogP contribution in [0.25, 0.3) is 0 Å². The summed E-state index contributed by atoms with van der Waals surface area (Å²) in [6.45, 7) is 5.46. The standard InChI is InChI=1S/C14H24N2O3S2/c1-3-15-10-11-8-9-14(19-11)21(17,18)16-12-6-5-7-13(12)20-4-2/h8-9,12-13,15-16H,3-7,10H2,1-2H3. The summed E-state index contributed by atoms with van der Waals surface area (Å²) in [5.41, 5.74) is 0. The SMILES string of the molecule is CCNCc1ccc(S(=O)(=O)NC2CCCC2SCC)o1. The van der Waals surface area contributed by atoms with E-state index in [2.05, 4.69) is 17.0 Å². The smallest absolute Gasteiger partial charge is 0.274 e. The van der Waals surface area contributed by atoms with Crippen molar-refractivity contribution in [2.24, 2.45) is 0 Å². The summed E-state index contributed by atoms with van der Waals surface area (Å²) in [4.78, 5) is 0. The average molecular weight is 332 g/mol. The van der Waals surface area contributed by atoms with Crippen molar-refractivity contribution in [2.75, 3.05) is 12.3 Å². The first-order valence-corrected chi connectivity index (χ1v) is 10.0. The summed E-state index contributed by atoms with van der Waals surface area (Å²) in [6, 6.07) is 3.26. The van der Waals surface area contributed by atoms with E-state index in [0.717, 1.165) is 31.6 Å². The number of rotatable bonds is 8. The van der Waals surface area contributed by atoms with Crippen molar-refractivity contribution in [2.45, 2.75) is 56.0 Å². The van der Waals surface area contributed by atoms with E-state index in [0.29, 0.717) is 17.6 Å². The van der Waals surface area contributed by atoms with Crippen molar-refractivity contribution in [1.29, 1.82) is 0 Å². The molecule has 0 bridgehead atoms. The van der Waals surface area contributed by atoms with Crippen molar-refractivity contribution in [3.63, 3.8) is 0 Å². The molecule has 1 fully saturated rings. The van der Waals surface area contributed by atoms with Crippen molar-refractivity contribution in [3.8, 4) is 0 Å². The fourth-order valence-corrected chi connectivity index (χ4v) is 5.12. The number of nitrogens with one attached hydrogen (secondary N) is 2. The van der Waals surface area contributed by atoms with E-state index in [9.17, 15) is 8.42 Å². The Balaban J connectivity index is 2.02. The Morgan fingerprint density at radius 1 is 1.33 bits per heavy atom. The van der Waals surface area contributed by atoms with Gasteiger partial charge in [-0.3, -0.25) is 0 Å².